The van der Waals surface area contributed by atoms with Gasteiger partial charge in [0.15, 0.2) is 0 Å². The average Bonchev–Trinajstić information content (AvgIpc) is 2.15. The van der Waals surface area contributed by atoms with E-state index in [-0.39, 0.29) is 5.91 Å². The Bertz CT molecular complexity index is 228. The topological polar surface area (TPSA) is 29.5 Å². The molecular weight excluding hydrogens is 186 g/mol. The van der Waals surface area contributed by atoms with Crippen molar-refractivity contribution in [3.05, 3.63) is 11.0 Å². The van der Waals surface area contributed by atoms with Crippen LogP contribution in [0.4, 0.5) is 0 Å². The summed E-state index contributed by atoms with van der Waals surface area (Å²) in [6, 6.07) is 0. The van der Waals surface area contributed by atoms with Crippen molar-refractivity contribution in [3.63, 3.8) is 0 Å². The van der Waals surface area contributed by atoms with Gasteiger partial charge in [-0.2, -0.15) is 0 Å². The zero-order valence-electron chi connectivity index (χ0n) is 8.24. The molecule has 0 aromatic carbocycles. The molecule has 1 amide bonds. The van der Waals surface area contributed by atoms with Crippen LogP contribution < -0.4 is 0 Å². The Labute approximate surface area is 83.1 Å². The molecule has 0 saturated heterocycles. The summed E-state index contributed by atoms with van der Waals surface area (Å²) in [7, 11) is 3.12. The lowest BCUT2D eigenvalue weighted by Gasteiger charge is -2.21. The first kappa shape index (κ1) is 10.6. The molecule has 0 bridgehead atoms. The first-order valence-corrected chi connectivity index (χ1v) is 5.22. The molecule has 13 heavy (non-hydrogen) atoms. The standard InChI is InChI=1S/C9H15NO2S/c1-7-5-4-6-8(13-7)9(11)10(2)12-3/h6-7H,4-5H2,1-3H3. The molecule has 0 aromatic heterocycles. The smallest absolute Gasteiger partial charge is 0.274 e. The summed E-state index contributed by atoms with van der Waals surface area (Å²) in [6.45, 7) is 2.14. The second-order valence-electron chi connectivity index (χ2n) is 3.06. The summed E-state index contributed by atoms with van der Waals surface area (Å²) in [5.41, 5.74) is 0. The van der Waals surface area contributed by atoms with Crippen LogP contribution in [-0.2, 0) is 9.63 Å². The number of hydroxylamine groups is 2. The average molecular weight is 201 g/mol. The van der Waals surface area contributed by atoms with E-state index in [2.05, 4.69) is 6.92 Å². The Morgan fingerprint density at radius 1 is 1.77 bits per heavy atom. The van der Waals surface area contributed by atoms with Crippen LogP contribution >= 0.6 is 11.8 Å². The van der Waals surface area contributed by atoms with E-state index in [4.69, 9.17) is 4.84 Å². The highest BCUT2D eigenvalue weighted by Crippen LogP contribution is 2.31. The van der Waals surface area contributed by atoms with Crippen molar-refractivity contribution in [2.75, 3.05) is 14.2 Å². The fraction of sp³-hybridized carbons (Fsp3) is 0.667. The summed E-state index contributed by atoms with van der Waals surface area (Å²) < 4.78 is 0. The van der Waals surface area contributed by atoms with Gasteiger partial charge in [0.05, 0.1) is 12.0 Å². The number of thioether (sulfide) groups is 1. The van der Waals surface area contributed by atoms with Crippen LogP contribution in [0.25, 0.3) is 0 Å². The molecule has 0 N–H and O–H groups in total. The summed E-state index contributed by atoms with van der Waals surface area (Å²) in [4.78, 5) is 17.2. The number of likely N-dealkylation sites (N-methyl/N-ethyl adjacent to an activating group) is 1. The monoisotopic (exact) mass is 201 g/mol. The van der Waals surface area contributed by atoms with Gasteiger partial charge in [-0.25, -0.2) is 5.06 Å². The molecule has 0 fully saturated rings. The van der Waals surface area contributed by atoms with Gasteiger partial charge in [0.1, 0.15) is 0 Å². The molecule has 1 rings (SSSR count). The molecule has 0 saturated carbocycles. The van der Waals surface area contributed by atoms with Gasteiger partial charge >= 0.3 is 0 Å². The maximum absolute atomic E-state index is 11.6. The number of carbonyl (C=O) groups is 1. The van der Waals surface area contributed by atoms with Crippen molar-refractivity contribution < 1.29 is 9.63 Å². The van der Waals surface area contributed by atoms with E-state index in [1.54, 1.807) is 18.8 Å². The van der Waals surface area contributed by atoms with Crippen molar-refractivity contribution in [2.45, 2.75) is 25.0 Å². The van der Waals surface area contributed by atoms with Crippen LogP contribution in [0, 0.1) is 0 Å². The second kappa shape index (κ2) is 4.67. The highest BCUT2D eigenvalue weighted by atomic mass is 32.2. The molecule has 0 aromatic rings. The minimum atomic E-state index is -0.0425. The zero-order chi connectivity index (χ0) is 9.84. The third-order valence-electron chi connectivity index (χ3n) is 2.00. The number of allylic oxidation sites excluding steroid dienone is 1. The van der Waals surface area contributed by atoms with E-state index in [0.717, 1.165) is 17.7 Å². The van der Waals surface area contributed by atoms with Gasteiger partial charge in [0, 0.05) is 12.3 Å². The third-order valence-corrected chi connectivity index (χ3v) is 3.24. The largest absolute Gasteiger partial charge is 0.283 e. The minimum absolute atomic E-state index is 0.0425. The first-order valence-electron chi connectivity index (χ1n) is 4.34. The van der Waals surface area contributed by atoms with Crippen LogP contribution in [0.15, 0.2) is 11.0 Å². The Morgan fingerprint density at radius 2 is 2.46 bits per heavy atom. The van der Waals surface area contributed by atoms with Crippen molar-refractivity contribution in [3.8, 4) is 0 Å². The Balaban J connectivity index is 2.61. The predicted molar refractivity (Wildman–Crippen MR) is 54.1 cm³/mol. The molecule has 1 atom stereocenters. The molecule has 0 aliphatic carbocycles. The van der Waals surface area contributed by atoms with Crippen LogP contribution in [0.1, 0.15) is 19.8 Å². The number of carbonyl (C=O) groups excluding carboxylic acids is 1. The SMILES string of the molecule is CON(C)C(=O)C1=CCCC(C)S1. The number of rotatable bonds is 2. The second-order valence-corrected chi connectivity index (χ2v) is 4.54. The van der Waals surface area contributed by atoms with Crippen LogP contribution in [0.5, 0.6) is 0 Å². The van der Waals surface area contributed by atoms with Gasteiger partial charge in [-0.15, -0.1) is 11.8 Å². The maximum Gasteiger partial charge on any atom is 0.283 e. The zero-order valence-corrected chi connectivity index (χ0v) is 9.06. The molecule has 1 unspecified atom stereocenters. The summed E-state index contributed by atoms with van der Waals surface area (Å²) in [5, 5.41) is 1.80. The van der Waals surface area contributed by atoms with Crippen LogP contribution in [-0.4, -0.2) is 30.4 Å². The maximum atomic E-state index is 11.6. The molecule has 0 spiro atoms. The lowest BCUT2D eigenvalue weighted by molar-refractivity contribution is -0.163. The minimum Gasteiger partial charge on any atom is -0.274 e. The van der Waals surface area contributed by atoms with E-state index in [0.29, 0.717) is 5.25 Å². The lowest BCUT2D eigenvalue weighted by Crippen LogP contribution is -2.27. The highest BCUT2D eigenvalue weighted by Gasteiger charge is 2.20. The van der Waals surface area contributed by atoms with E-state index in [1.807, 2.05) is 6.08 Å². The number of nitrogens with zero attached hydrogens (tertiary/aromatic N) is 1. The van der Waals surface area contributed by atoms with Gasteiger partial charge < -0.3 is 0 Å². The third kappa shape index (κ3) is 2.74. The molecule has 1 aliphatic heterocycles. The molecule has 1 aliphatic rings. The summed E-state index contributed by atoms with van der Waals surface area (Å²) in [6.07, 6.45) is 4.13. The lowest BCUT2D eigenvalue weighted by atomic mass is 10.2. The van der Waals surface area contributed by atoms with Gasteiger partial charge in [0.2, 0.25) is 0 Å². The van der Waals surface area contributed by atoms with Gasteiger partial charge in [-0.05, 0) is 12.8 Å². The molecule has 0 radical (unpaired) electrons. The van der Waals surface area contributed by atoms with Gasteiger partial charge in [-0.1, -0.05) is 13.0 Å². The number of hydrogen-bond donors (Lipinski definition) is 0. The van der Waals surface area contributed by atoms with Crippen molar-refractivity contribution in [2.24, 2.45) is 0 Å². The summed E-state index contributed by atoms with van der Waals surface area (Å²) in [5.74, 6) is -0.0425. The fourth-order valence-corrected chi connectivity index (χ4v) is 2.28. The molecular formula is C9H15NO2S. The normalized spacial score (nSPS) is 22.4. The summed E-state index contributed by atoms with van der Waals surface area (Å²) >= 11 is 1.63. The van der Waals surface area contributed by atoms with Gasteiger partial charge in [0.25, 0.3) is 5.91 Å². The van der Waals surface area contributed by atoms with E-state index < -0.39 is 0 Å². The highest BCUT2D eigenvalue weighted by molar-refractivity contribution is 8.04. The van der Waals surface area contributed by atoms with Crippen LogP contribution in [0.3, 0.4) is 0 Å². The van der Waals surface area contributed by atoms with E-state index >= 15 is 0 Å². The Kier molecular flexibility index (Phi) is 3.81. The molecule has 1 heterocycles. The van der Waals surface area contributed by atoms with Crippen LogP contribution in [0.2, 0.25) is 0 Å². The molecule has 4 heteroatoms. The first-order chi connectivity index (χ1) is 6.15. The van der Waals surface area contributed by atoms with Gasteiger partial charge in [-0.3, -0.25) is 9.63 Å². The molecule has 3 nitrogen and oxygen atoms in total. The van der Waals surface area contributed by atoms with Crippen molar-refractivity contribution in [1.29, 1.82) is 0 Å². The number of amides is 1. The predicted octanol–water partition coefficient (Wildman–Crippen LogP) is 1.81. The number of hydrogen-bond acceptors (Lipinski definition) is 3. The Hall–Kier alpha value is -0.480. The quantitative estimate of drug-likeness (QED) is 0.638. The van der Waals surface area contributed by atoms with Crippen molar-refractivity contribution in [1.82, 2.24) is 5.06 Å². The van der Waals surface area contributed by atoms with E-state index in [9.17, 15) is 4.79 Å². The Morgan fingerprint density at radius 3 is 3.00 bits per heavy atom. The van der Waals surface area contributed by atoms with E-state index in [1.165, 1.54) is 12.2 Å². The molecule has 74 valence electrons. The fourth-order valence-electron chi connectivity index (χ4n) is 1.15. The van der Waals surface area contributed by atoms with Crippen molar-refractivity contribution >= 4 is 17.7 Å².